The van der Waals surface area contributed by atoms with Crippen LogP contribution in [0.3, 0.4) is 0 Å². The normalized spacial score (nSPS) is 17.9. The van der Waals surface area contributed by atoms with Crippen LogP contribution in [0.25, 0.3) is 0 Å². The maximum Gasteiger partial charge on any atom is 0.322 e. The van der Waals surface area contributed by atoms with Gasteiger partial charge in [0.1, 0.15) is 18.4 Å². The molecule has 1 atom stereocenters. The van der Waals surface area contributed by atoms with Gasteiger partial charge < -0.3 is 19.8 Å². The average Bonchev–Trinajstić information content (AvgIpc) is 2.67. The summed E-state index contributed by atoms with van der Waals surface area (Å²) in [7, 11) is 0. The van der Waals surface area contributed by atoms with Crippen LogP contribution in [0, 0.1) is 0 Å². The third kappa shape index (κ3) is 4.47. The molecule has 3 rings (SSSR count). The number of hydrogen-bond acceptors (Lipinski definition) is 7. The molecule has 0 bridgehead atoms. The van der Waals surface area contributed by atoms with Crippen LogP contribution in [-0.2, 0) is 11.3 Å². The number of piperazine rings is 1. The first-order chi connectivity index (χ1) is 12.7. The van der Waals surface area contributed by atoms with Gasteiger partial charge in [-0.05, 0) is 23.8 Å². The number of nitrogens with zero attached hydrogens (tertiary/aromatic N) is 4. The molecular formula is C18H22N4O4. The number of aliphatic hydroxyl groups is 1. The second kappa shape index (κ2) is 8.59. The zero-order chi connectivity index (χ0) is 18.4. The van der Waals surface area contributed by atoms with Crippen molar-refractivity contribution in [3.05, 3.63) is 48.3 Å². The summed E-state index contributed by atoms with van der Waals surface area (Å²) in [5, 5.41) is 18.5. The fourth-order valence-electron chi connectivity index (χ4n) is 3.01. The summed E-state index contributed by atoms with van der Waals surface area (Å²) in [5.41, 5.74) is 0.969. The number of anilines is 1. The lowest BCUT2D eigenvalue weighted by Crippen LogP contribution is -2.56. The molecule has 8 nitrogen and oxygen atoms in total. The second-order valence-corrected chi connectivity index (χ2v) is 6.04. The van der Waals surface area contributed by atoms with Crippen LogP contribution in [0.2, 0.25) is 0 Å². The van der Waals surface area contributed by atoms with Crippen molar-refractivity contribution in [1.29, 1.82) is 0 Å². The van der Waals surface area contributed by atoms with Crippen LogP contribution in [0.15, 0.2) is 42.7 Å². The number of aliphatic hydroxyl groups excluding tert-OH is 1. The van der Waals surface area contributed by atoms with Crippen molar-refractivity contribution in [3.63, 3.8) is 0 Å². The van der Waals surface area contributed by atoms with Crippen LogP contribution >= 0.6 is 0 Å². The largest absolute Gasteiger partial charge is 0.491 e. The lowest BCUT2D eigenvalue weighted by Gasteiger charge is -2.39. The Balaban J connectivity index is 1.69. The Morgan fingerprint density at radius 3 is 2.77 bits per heavy atom. The van der Waals surface area contributed by atoms with E-state index in [4.69, 9.17) is 9.84 Å². The first-order valence-corrected chi connectivity index (χ1v) is 8.49. The zero-order valence-electron chi connectivity index (χ0n) is 14.4. The van der Waals surface area contributed by atoms with E-state index in [2.05, 4.69) is 9.97 Å². The molecule has 1 aromatic carbocycles. The number of benzene rings is 1. The first-order valence-electron chi connectivity index (χ1n) is 8.49. The molecule has 1 fully saturated rings. The average molecular weight is 358 g/mol. The predicted octanol–water partition coefficient (Wildman–Crippen LogP) is 0.623. The Labute approximate surface area is 151 Å². The Hall–Kier alpha value is -2.71. The summed E-state index contributed by atoms with van der Waals surface area (Å²) in [6, 6.07) is 8.60. The molecule has 26 heavy (non-hydrogen) atoms. The summed E-state index contributed by atoms with van der Waals surface area (Å²) >= 11 is 0. The van der Waals surface area contributed by atoms with Crippen LogP contribution in [0.5, 0.6) is 5.75 Å². The monoisotopic (exact) mass is 358 g/mol. The maximum absolute atomic E-state index is 11.8. The van der Waals surface area contributed by atoms with Gasteiger partial charge in [0.2, 0.25) is 5.95 Å². The Morgan fingerprint density at radius 2 is 2.04 bits per heavy atom. The summed E-state index contributed by atoms with van der Waals surface area (Å²) in [5.74, 6) is 0.357. The molecule has 2 heterocycles. The number of carboxylic acid groups (broad SMARTS) is 1. The van der Waals surface area contributed by atoms with E-state index in [1.54, 1.807) is 18.5 Å². The molecule has 0 aliphatic carbocycles. The van der Waals surface area contributed by atoms with E-state index in [-0.39, 0.29) is 13.2 Å². The Kier molecular flexibility index (Phi) is 5.98. The van der Waals surface area contributed by atoms with E-state index in [9.17, 15) is 9.90 Å². The van der Waals surface area contributed by atoms with Gasteiger partial charge in [-0.2, -0.15) is 0 Å². The van der Waals surface area contributed by atoms with Crippen LogP contribution < -0.4 is 9.64 Å². The highest BCUT2D eigenvalue weighted by Crippen LogP contribution is 2.20. The summed E-state index contributed by atoms with van der Waals surface area (Å²) in [6.45, 7) is 2.29. The first kappa shape index (κ1) is 18.1. The lowest BCUT2D eigenvalue weighted by atomic mass is 10.1. The van der Waals surface area contributed by atoms with Crippen LogP contribution in [-0.4, -0.2) is 69.9 Å². The molecule has 0 unspecified atom stereocenters. The Bertz CT molecular complexity index is 728. The van der Waals surface area contributed by atoms with Gasteiger partial charge in [0, 0.05) is 38.6 Å². The predicted molar refractivity (Wildman–Crippen MR) is 95.1 cm³/mol. The molecule has 0 spiro atoms. The van der Waals surface area contributed by atoms with E-state index in [1.165, 1.54) is 0 Å². The topological polar surface area (TPSA) is 99.0 Å². The number of carbonyl (C=O) groups is 1. The molecule has 0 radical (unpaired) electrons. The summed E-state index contributed by atoms with van der Waals surface area (Å²) < 4.78 is 5.42. The minimum atomic E-state index is -0.863. The molecule has 1 aromatic heterocycles. The van der Waals surface area contributed by atoms with Gasteiger partial charge in [-0.3, -0.25) is 9.69 Å². The highest BCUT2D eigenvalue weighted by Gasteiger charge is 2.33. The quantitative estimate of drug-likeness (QED) is 0.743. The second-order valence-electron chi connectivity index (χ2n) is 6.04. The standard InChI is InChI=1S/C18H22N4O4/c23-9-10-26-15-4-1-3-14(11-15)12-21-7-8-22(13-16(21)17(24)25)18-19-5-2-6-20-18/h1-6,11,16,23H,7-10,12-13H2,(H,24,25)/t16-/m0/s1. The van der Waals surface area contributed by atoms with Crippen molar-refractivity contribution in [2.24, 2.45) is 0 Å². The van der Waals surface area contributed by atoms with Gasteiger partial charge in [-0.1, -0.05) is 12.1 Å². The van der Waals surface area contributed by atoms with Crippen molar-refractivity contribution in [1.82, 2.24) is 14.9 Å². The van der Waals surface area contributed by atoms with Gasteiger partial charge in [0.05, 0.1) is 6.61 Å². The third-order valence-electron chi connectivity index (χ3n) is 4.26. The molecule has 0 saturated carbocycles. The zero-order valence-corrected chi connectivity index (χ0v) is 14.4. The van der Waals surface area contributed by atoms with Crippen molar-refractivity contribution < 1.29 is 19.7 Å². The van der Waals surface area contributed by atoms with Gasteiger partial charge in [-0.25, -0.2) is 9.97 Å². The highest BCUT2D eigenvalue weighted by atomic mass is 16.5. The molecule has 138 valence electrons. The van der Waals surface area contributed by atoms with E-state index >= 15 is 0 Å². The lowest BCUT2D eigenvalue weighted by molar-refractivity contribution is -0.143. The molecule has 2 aromatic rings. The van der Waals surface area contributed by atoms with Crippen molar-refractivity contribution in [2.45, 2.75) is 12.6 Å². The fourth-order valence-corrected chi connectivity index (χ4v) is 3.01. The summed E-state index contributed by atoms with van der Waals surface area (Å²) in [4.78, 5) is 24.0. The minimum Gasteiger partial charge on any atom is -0.491 e. The van der Waals surface area contributed by atoms with Crippen LogP contribution in [0.4, 0.5) is 5.95 Å². The maximum atomic E-state index is 11.8. The van der Waals surface area contributed by atoms with Crippen molar-refractivity contribution in [3.8, 4) is 5.75 Å². The Morgan fingerprint density at radius 1 is 1.23 bits per heavy atom. The van der Waals surface area contributed by atoms with E-state index < -0.39 is 12.0 Å². The summed E-state index contributed by atoms with van der Waals surface area (Å²) in [6.07, 6.45) is 3.31. The molecule has 1 saturated heterocycles. The SMILES string of the molecule is O=C(O)[C@@H]1CN(c2ncccn2)CCN1Cc1cccc(OCCO)c1. The molecule has 8 heteroatoms. The van der Waals surface area contributed by atoms with E-state index in [0.29, 0.717) is 37.9 Å². The number of aliphatic carboxylic acids is 1. The fraction of sp³-hybridized carbons (Fsp3) is 0.389. The van der Waals surface area contributed by atoms with Gasteiger partial charge in [-0.15, -0.1) is 0 Å². The van der Waals surface area contributed by atoms with Crippen LogP contribution in [0.1, 0.15) is 5.56 Å². The minimum absolute atomic E-state index is 0.0468. The van der Waals surface area contributed by atoms with Crippen molar-refractivity contribution in [2.75, 3.05) is 37.7 Å². The highest BCUT2D eigenvalue weighted by molar-refractivity contribution is 5.74. The molecule has 1 aliphatic rings. The van der Waals surface area contributed by atoms with Crippen molar-refractivity contribution >= 4 is 11.9 Å². The smallest absolute Gasteiger partial charge is 0.322 e. The number of carboxylic acids is 1. The molecule has 0 amide bonds. The molecular weight excluding hydrogens is 336 g/mol. The van der Waals surface area contributed by atoms with Gasteiger partial charge in [0.15, 0.2) is 0 Å². The number of rotatable bonds is 7. The third-order valence-corrected chi connectivity index (χ3v) is 4.26. The van der Waals surface area contributed by atoms with E-state index in [1.807, 2.05) is 34.1 Å². The molecule has 2 N–H and O–H groups in total. The van der Waals surface area contributed by atoms with Gasteiger partial charge >= 0.3 is 5.97 Å². The van der Waals surface area contributed by atoms with Gasteiger partial charge in [0.25, 0.3) is 0 Å². The van der Waals surface area contributed by atoms with E-state index in [0.717, 1.165) is 5.56 Å². The number of ether oxygens (including phenoxy) is 1. The number of hydrogen-bond donors (Lipinski definition) is 2. The number of aromatic nitrogens is 2. The molecule has 1 aliphatic heterocycles.